The monoisotopic (exact) mass is 378 g/mol. The molecule has 0 saturated heterocycles. The maximum atomic E-state index is 12.5. The molecule has 0 atom stereocenters. The molecule has 4 rings (SSSR count). The molecule has 0 radical (unpaired) electrons. The summed E-state index contributed by atoms with van der Waals surface area (Å²) in [6.07, 6.45) is 2.89. The molecule has 0 N–H and O–H groups in total. The van der Waals surface area contributed by atoms with Crippen LogP contribution < -0.4 is 0 Å². The Morgan fingerprint density at radius 3 is 2.15 bits per heavy atom. The number of imide groups is 1. The molecule has 1 aliphatic rings. The normalized spacial score (nSPS) is 12.9. The standard InChI is InChI=1S/C20H11ClN2O4/c21-15-7-5-12(6-8-15)13-9-14(11-22-10-13)20(26)27-23-18(24)16-3-1-2-4-17(16)19(23)25/h1-11H. The van der Waals surface area contributed by atoms with Gasteiger partial charge < -0.3 is 4.84 Å². The van der Waals surface area contributed by atoms with Gasteiger partial charge in [0.05, 0.1) is 16.7 Å². The van der Waals surface area contributed by atoms with Gasteiger partial charge >= 0.3 is 5.97 Å². The van der Waals surface area contributed by atoms with Gasteiger partial charge in [-0.05, 0) is 35.9 Å². The summed E-state index contributed by atoms with van der Waals surface area (Å²) in [5.74, 6) is -2.20. The molecule has 0 spiro atoms. The lowest BCUT2D eigenvalue weighted by molar-refractivity contribution is -0.0584. The van der Waals surface area contributed by atoms with Gasteiger partial charge in [0.1, 0.15) is 0 Å². The summed E-state index contributed by atoms with van der Waals surface area (Å²) in [6, 6.07) is 14.9. The van der Waals surface area contributed by atoms with E-state index in [0.29, 0.717) is 15.6 Å². The number of amides is 2. The molecule has 0 aliphatic carbocycles. The molecule has 0 fully saturated rings. The van der Waals surface area contributed by atoms with Crippen LogP contribution in [0.3, 0.4) is 0 Å². The van der Waals surface area contributed by atoms with Crippen molar-refractivity contribution in [1.82, 2.24) is 10.0 Å². The van der Waals surface area contributed by atoms with Crippen molar-refractivity contribution in [2.75, 3.05) is 0 Å². The lowest BCUT2D eigenvalue weighted by atomic mass is 10.1. The Balaban J connectivity index is 1.58. The predicted molar refractivity (Wildman–Crippen MR) is 97.0 cm³/mol. The molecule has 2 aromatic carbocycles. The van der Waals surface area contributed by atoms with E-state index in [1.54, 1.807) is 48.7 Å². The van der Waals surface area contributed by atoms with Crippen LogP contribution in [0.4, 0.5) is 0 Å². The van der Waals surface area contributed by atoms with E-state index in [0.717, 1.165) is 5.56 Å². The number of benzene rings is 2. The van der Waals surface area contributed by atoms with Crippen LogP contribution in [-0.4, -0.2) is 27.8 Å². The van der Waals surface area contributed by atoms with E-state index >= 15 is 0 Å². The zero-order valence-corrected chi connectivity index (χ0v) is 14.5. The Bertz CT molecular complexity index is 1040. The average molecular weight is 379 g/mol. The maximum Gasteiger partial charge on any atom is 0.365 e. The average Bonchev–Trinajstić information content (AvgIpc) is 2.94. The van der Waals surface area contributed by atoms with E-state index in [1.807, 2.05) is 0 Å². The van der Waals surface area contributed by atoms with Gasteiger partial charge in [0.2, 0.25) is 0 Å². The number of nitrogens with zero attached hydrogens (tertiary/aromatic N) is 2. The summed E-state index contributed by atoms with van der Waals surface area (Å²) in [5, 5.41) is 1.06. The number of hydroxylamine groups is 2. The fourth-order valence-electron chi connectivity index (χ4n) is 2.74. The topological polar surface area (TPSA) is 76.6 Å². The zero-order valence-electron chi connectivity index (χ0n) is 13.8. The van der Waals surface area contributed by atoms with Crippen LogP contribution in [0.2, 0.25) is 5.02 Å². The van der Waals surface area contributed by atoms with E-state index < -0.39 is 17.8 Å². The quantitative estimate of drug-likeness (QED) is 0.648. The Morgan fingerprint density at radius 2 is 1.52 bits per heavy atom. The molecular formula is C20H11ClN2O4. The summed E-state index contributed by atoms with van der Waals surface area (Å²) in [4.78, 5) is 46.1. The fraction of sp³-hybridized carbons (Fsp3) is 0. The van der Waals surface area contributed by atoms with Gasteiger partial charge in [-0.1, -0.05) is 40.9 Å². The second-order valence-electron chi connectivity index (χ2n) is 5.80. The molecule has 7 heteroatoms. The molecule has 0 unspecified atom stereocenters. The minimum absolute atomic E-state index is 0.110. The van der Waals surface area contributed by atoms with Crippen LogP contribution in [0.1, 0.15) is 31.1 Å². The molecule has 1 aliphatic heterocycles. The van der Waals surface area contributed by atoms with Crippen LogP contribution in [0, 0.1) is 0 Å². The Kier molecular flexibility index (Phi) is 4.18. The summed E-state index contributed by atoms with van der Waals surface area (Å²) < 4.78 is 0. The lowest BCUT2D eigenvalue weighted by Crippen LogP contribution is -2.32. The number of carbonyl (C=O) groups excluding carboxylic acids is 3. The van der Waals surface area contributed by atoms with E-state index in [9.17, 15) is 14.4 Å². The van der Waals surface area contributed by atoms with Crippen LogP contribution in [0.25, 0.3) is 11.1 Å². The van der Waals surface area contributed by atoms with Crippen molar-refractivity contribution < 1.29 is 19.2 Å². The largest absolute Gasteiger partial charge is 0.365 e. The Morgan fingerprint density at radius 1 is 0.889 bits per heavy atom. The third kappa shape index (κ3) is 3.07. The van der Waals surface area contributed by atoms with Gasteiger partial charge in [0, 0.05) is 23.0 Å². The predicted octanol–water partition coefficient (Wildman–Crippen LogP) is 3.77. The van der Waals surface area contributed by atoms with Gasteiger partial charge in [-0.3, -0.25) is 14.6 Å². The second kappa shape index (κ2) is 6.66. The highest BCUT2D eigenvalue weighted by molar-refractivity contribution is 6.30. The molecule has 1 aromatic heterocycles. The fourth-order valence-corrected chi connectivity index (χ4v) is 2.86. The molecule has 132 valence electrons. The maximum absolute atomic E-state index is 12.5. The van der Waals surface area contributed by atoms with Crippen molar-refractivity contribution in [1.29, 1.82) is 0 Å². The highest BCUT2D eigenvalue weighted by atomic mass is 35.5. The number of rotatable bonds is 3. The first-order valence-electron chi connectivity index (χ1n) is 7.96. The van der Waals surface area contributed by atoms with Crippen molar-refractivity contribution in [2.24, 2.45) is 0 Å². The number of aromatic nitrogens is 1. The van der Waals surface area contributed by atoms with Crippen molar-refractivity contribution in [3.63, 3.8) is 0 Å². The third-order valence-corrected chi connectivity index (χ3v) is 4.33. The number of carbonyl (C=O) groups is 3. The molecule has 2 heterocycles. The number of fused-ring (bicyclic) bond motifs is 1. The molecular weight excluding hydrogens is 368 g/mol. The van der Waals surface area contributed by atoms with Crippen LogP contribution in [0.15, 0.2) is 67.0 Å². The Hall–Kier alpha value is -3.51. The van der Waals surface area contributed by atoms with Crippen molar-refractivity contribution in [3.05, 3.63) is 88.7 Å². The molecule has 0 saturated carbocycles. The highest BCUT2D eigenvalue weighted by Crippen LogP contribution is 2.25. The van der Waals surface area contributed by atoms with Crippen LogP contribution in [0.5, 0.6) is 0 Å². The highest BCUT2D eigenvalue weighted by Gasteiger charge is 2.38. The smallest absolute Gasteiger partial charge is 0.324 e. The van der Waals surface area contributed by atoms with Crippen molar-refractivity contribution in [3.8, 4) is 11.1 Å². The van der Waals surface area contributed by atoms with Gasteiger partial charge in [-0.2, -0.15) is 0 Å². The molecule has 27 heavy (non-hydrogen) atoms. The van der Waals surface area contributed by atoms with E-state index in [4.69, 9.17) is 16.4 Å². The van der Waals surface area contributed by atoms with Gasteiger partial charge in [-0.25, -0.2) is 4.79 Å². The first-order chi connectivity index (χ1) is 13.0. The lowest BCUT2D eigenvalue weighted by Gasteiger charge is -2.13. The number of halogens is 1. The molecule has 3 aromatic rings. The van der Waals surface area contributed by atoms with Crippen LogP contribution >= 0.6 is 11.6 Å². The number of hydrogen-bond acceptors (Lipinski definition) is 5. The minimum Gasteiger partial charge on any atom is -0.324 e. The van der Waals surface area contributed by atoms with E-state index in [2.05, 4.69) is 4.98 Å². The van der Waals surface area contributed by atoms with Crippen molar-refractivity contribution in [2.45, 2.75) is 0 Å². The summed E-state index contributed by atoms with van der Waals surface area (Å²) in [6.45, 7) is 0. The summed E-state index contributed by atoms with van der Waals surface area (Å²) in [7, 11) is 0. The Labute approximate surface area is 158 Å². The number of hydrogen-bond donors (Lipinski definition) is 0. The van der Waals surface area contributed by atoms with E-state index in [-0.39, 0.29) is 16.7 Å². The minimum atomic E-state index is -0.854. The van der Waals surface area contributed by atoms with E-state index in [1.165, 1.54) is 18.3 Å². The third-order valence-electron chi connectivity index (χ3n) is 4.08. The molecule has 6 nitrogen and oxygen atoms in total. The second-order valence-corrected chi connectivity index (χ2v) is 6.23. The summed E-state index contributed by atoms with van der Waals surface area (Å²) >= 11 is 5.88. The van der Waals surface area contributed by atoms with Gasteiger partial charge in [0.15, 0.2) is 0 Å². The molecule has 0 bridgehead atoms. The molecule has 2 amide bonds. The zero-order chi connectivity index (χ0) is 19.0. The van der Waals surface area contributed by atoms with Crippen molar-refractivity contribution >= 4 is 29.4 Å². The number of pyridine rings is 1. The summed E-state index contributed by atoms with van der Waals surface area (Å²) in [5.41, 5.74) is 1.98. The SMILES string of the molecule is O=C(ON1C(=O)c2ccccc2C1=O)c1cncc(-c2ccc(Cl)cc2)c1. The van der Waals surface area contributed by atoms with Gasteiger partial charge in [0.25, 0.3) is 11.8 Å². The van der Waals surface area contributed by atoms with Gasteiger partial charge in [-0.15, -0.1) is 0 Å². The first-order valence-corrected chi connectivity index (χ1v) is 8.33. The first kappa shape index (κ1) is 16.9. The van der Waals surface area contributed by atoms with Crippen LogP contribution in [-0.2, 0) is 4.84 Å².